The molecule has 2 rings (SSSR count). The zero-order chi connectivity index (χ0) is 19.6. The minimum Gasteiger partial charge on any atom is -0.355 e. The molecule has 0 aromatic heterocycles. The molecule has 0 spiro atoms. The molecule has 0 bridgehead atoms. The number of rotatable bonds is 9. The van der Waals surface area contributed by atoms with E-state index in [1.54, 1.807) is 0 Å². The van der Waals surface area contributed by atoms with Crippen LogP contribution in [0, 0.1) is 0 Å². The standard InChI is InChI=1S/C20H26N4O3.ClH/c1-14(25)22-10-11-23-19(26)8-9-20(27)24-18(13-21)17-7-6-15-4-2-3-5-16(15)12-17;/h2-7,12,18H,8-11,13,21H2,1H3,(H,22,25)(H,23,26)(H,24,27);1H. The van der Waals surface area contributed by atoms with Crippen molar-refractivity contribution in [3.63, 3.8) is 0 Å². The zero-order valence-electron chi connectivity index (χ0n) is 15.9. The first-order valence-electron chi connectivity index (χ1n) is 8.99. The lowest BCUT2D eigenvalue weighted by Crippen LogP contribution is -2.36. The topological polar surface area (TPSA) is 113 Å². The maximum Gasteiger partial charge on any atom is 0.221 e. The Morgan fingerprint density at radius 2 is 1.57 bits per heavy atom. The average Bonchev–Trinajstić information content (AvgIpc) is 2.67. The molecule has 28 heavy (non-hydrogen) atoms. The first-order valence-corrected chi connectivity index (χ1v) is 8.99. The van der Waals surface area contributed by atoms with Crippen LogP contribution in [-0.2, 0) is 14.4 Å². The predicted molar refractivity (Wildman–Crippen MR) is 112 cm³/mol. The van der Waals surface area contributed by atoms with Crippen molar-refractivity contribution in [2.24, 2.45) is 5.73 Å². The minimum absolute atomic E-state index is 0. The molecular weight excluding hydrogens is 380 g/mol. The SMILES string of the molecule is CC(=O)NCCNC(=O)CCC(=O)NC(CN)c1ccc2ccccc2c1.Cl. The maximum absolute atomic E-state index is 12.2. The van der Waals surface area contributed by atoms with E-state index in [1.165, 1.54) is 6.92 Å². The minimum atomic E-state index is -0.301. The quantitative estimate of drug-likeness (QED) is 0.471. The number of amides is 3. The Morgan fingerprint density at radius 3 is 2.25 bits per heavy atom. The summed E-state index contributed by atoms with van der Waals surface area (Å²) in [4.78, 5) is 34.6. The Balaban J connectivity index is 0.00000392. The smallest absolute Gasteiger partial charge is 0.221 e. The van der Waals surface area contributed by atoms with Gasteiger partial charge in [0.05, 0.1) is 6.04 Å². The Bertz CT molecular complexity index is 813. The van der Waals surface area contributed by atoms with Crippen LogP contribution >= 0.6 is 12.4 Å². The van der Waals surface area contributed by atoms with Crippen LogP contribution in [0.4, 0.5) is 0 Å². The molecule has 0 saturated carbocycles. The van der Waals surface area contributed by atoms with Gasteiger partial charge in [0.2, 0.25) is 17.7 Å². The number of hydrogen-bond donors (Lipinski definition) is 4. The van der Waals surface area contributed by atoms with Gasteiger partial charge in [-0.1, -0.05) is 36.4 Å². The van der Waals surface area contributed by atoms with Gasteiger partial charge in [0, 0.05) is 39.4 Å². The molecule has 5 N–H and O–H groups in total. The summed E-state index contributed by atoms with van der Waals surface area (Å²) in [5, 5.41) is 10.3. The predicted octanol–water partition coefficient (Wildman–Crippen LogP) is 1.41. The average molecular weight is 407 g/mol. The normalized spacial score (nSPS) is 11.2. The number of benzene rings is 2. The number of hydrogen-bond acceptors (Lipinski definition) is 4. The van der Waals surface area contributed by atoms with Gasteiger partial charge in [-0.15, -0.1) is 12.4 Å². The van der Waals surface area contributed by atoms with Crippen LogP contribution in [0.15, 0.2) is 42.5 Å². The number of nitrogens with two attached hydrogens (primary N) is 1. The fourth-order valence-electron chi connectivity index (χ4n) is 2.73. The molecule has 0 aliphatic heterocycles. The third-order valence-electron chi connectivity index (χ3n) is 4.15. The largest absolute Gasteiger partial charge is 0.355 e. The van der Waals surface area contributed by atoms with Crippen molar-refractivity contribution in [1.82, 2.24) is 16.0 Å². The van der Waals surface area contributed by atoms with E-state index in [-0.39, 0.29) is 55.6 Å². The fraction of sp³-hybridized carbons (Fsp3) is 0.350. The molecule has 2 aromatic rings. The Labute approximate surface area is 170 Å². The molecule has 0 aliphatic carbocycles. The number of nitrogens with one attached hydrogen (secondary N) is 3. The summed E-state index contributed by atoms with van der Waals surface area (Å²) in [5.41, 5.74) is 6.76. The van der Waals surface area contributed by atoms with Crippen molar-refractivity contribution in [3.8, 4) is 0 Å². The van der Waals surface area contributed by atoms with Crippen molar-refractivity contribution >= 4 is 40.9 Å². The first kappa shape index (κ1) is 23.4. The Morgan fingerprint density at radius 1 is 0.929 bits per heavy atom. The van der Waals surface area contributed by atoms with Crippen molar-refractivity contribution < 1.29 is 14.4 Å². The Hall–Kier alpha value is -2.64. The van der Waals surface area contributed by atoms with Crippen LogP contribution in [0.5, 0.6) is 0 Å². The van der Waals surface area contributed by atoms with Gasteiger partial charge in [-0.25, -0.2) is 0 Å². The zero-order valence-corrected chi connectivity index (χ0v) is 16.7. The third kappa shape index (κ3) is 7.54. The van der Waals surface area contributed by atoms with E-state index in [2.05, 4.69) is 16.0 Å². The molecule has 8 heteroatoms. The summed E-state index contributed by atoms with van der Waals surface area (Å²) in [5.74, 6) is -0.605. The van der Waals surface area contributed by atoms with E-state index in [4.69, 9.17) is 5.73 Å². The molecule has 152 valence electrons. The summed E-state index contributed by atoms with van der Waals surface area (Å²) >= 11 is 0. The van der Waals surface area contributed by atoms with Crippen molar-refractivity contribution in [2.45, 2.75) is 25.8 Å². The van der Waals surface area contributed by atoms with Crippen molar-refractivity contribution in [1.29, 1.82) is 0 Å². The molecule has 1 atom stereocenters. The highest BCUT2D eigenvalue weighted by Gasteiger charge is 2.14. The summed E-state index contributed by atoms with van der Waals surface area (Å²) < 4.78 is 0. The van der Waals surface area contributed by atoms with Crippen LogP contribution in [0.3, 0.4) is 0 Å². The monoisotopic (exact) mass is 406 g/mol. The van der Waals surface area contributed by atoms with Crippen LogP contribution in [0.1, 0.15) is 31.4 Å². The van der Waals surface area contributed by atoms with Crippen LogP contribution in [-0.4, -0.2) is 37.4 Å². The lowest BCUT2D eigenvalue weighted by molar-refractivity contribution is -0.126. The molecule has 0 radical (unpaired) electrons. The van der Waals surface area contributed by atoms with Crippen LogP contribution < -0.4 is 21.7 Å². The number of halogens is 1. The van der Waals surface area contributed by atoms with Gasteiger partial charge in [0.1, 0.15) is 0 Å². The van der Waals surface area contributed by atoms with Crippen LogP contribution in [0.2, 0.25) is 0 Å². The summed E-state index contributed by atoms with van der Waals surface area (Å²) in [7, 11) is 0. The molecule has 0 aliphatic rings. The second-order valence-electron chi connectivity index (χ2n) is 6.30. The van der Waals surface area contributed by atoms with E-state index >= 15 is 0 Å². The van der Waals surface area contributed by atoms with E-state index in [1.807, 2.05) is 42.5 Å². The second kappa shape index (κ2) is 11.9. The number of carbonyl (C=O) groups is 3. The van der Waals surface area contributed by atoms with E-state index in [0.29, 0.717) is 13.1 Å². The van der Waals surface area contributed by atoms with Crippen molar-refractivity contribution in [2.75, 3.05) is 19.6 Å². The summed E-state index contributed by atoms with van der Waals surface area (Å²) in [6.45, 7) is 2.38. The molecule has 7 nitrogen and oxygen atoms in total. The van der Waals surface area contributed by atoms with Crippen molar-refractivity contribution in [3.05, 3.63) is 48.0 Å². The highest BCUT2D eigenvalue weighted by Crippen LogP contribution is 2.20. The van der Waals surface area contributed by atoms with E-state index in [0.717, 1.165) is 16.3 Å². The highest BCUT2D eigenvalue weighted by molar-refractivity contribution is 5.86. The van der Waals surface area contributed by atoms with Gasteiger partial charge in [0.25, 0.3) is 0 Å². The van der Waals surface area contributed by atoms with E-state index < -0.39 is 0 Å². The molecule has 3 amide bonds. The van der Waals surface area contributed by atoms with Gasteiger partial charge in [-0.2, -0.15) is 0 Å². The first-order chi connectivity index (χ1) is 13.0. The molecule has 0 saturated heterocycles. The maximum atomic E-state index is 12.2. The van der Waals surface area contributed by atoms with Gasteiger partial charge >= 0.3 is 0 Å². The highest BCUT2D eigenvalue weighted by atomic mass is 35.5. The molecular formula is C20H27ClN4O3. The van der Waals surface area contributed by atoms with Gasteiger partial charge in [0.15, 0.2) is 0 Å². The van der Waals surface area contributed by atoms with Gasteiger partial charge in [-0.05, 0) is 22.4 Å². The van der Waals surface area contributed by atoms with Gasteiger partial charge < -0.3 is 21.7 Å². The fourth-order valence-corrected chi connectivity index (χ4v) is 2.73. The van der Waals surface area contributed by atoms with Crippen LogP contribution in [0.25, 0.3) is 10.8 Å². The molecule has 2 aromatic carbocycles. The number of carbonyl (C=O) groups excluding carboxylic acids is 3. The Kier molecular flexibility index (Phi) is 9.98. The molecule has 0 heterocycles. The van der Waals surface area contributed by atoms with Gasteiger partial charge in [-0.3, -0.25) is 14.4 Å². The lowest BCUT2D eigenvalue weighted by atomic mass is 10.0. The molecule has 0 fully saturated rings. The summed E-state index contributed by atoms with van der Waals surface area (Å²) in [6, 6.07) is 13.7. The summed E-state index contributed by atoms with van der Waals surface area (Å²) in [6.07, 6.45) is 0.164. The number of fused-ring (bicyclic) bond motifs is 1. The lowest BCUT2D eigenvalue weighted by Gasteiger charge is -2.18. The second-order valence-corrected chi connectivity index (χ2v) is 6.30. The van der Waals surface area contributed by atoms with E-state index in [9.17, 15) is 14.4 Å². The third-order valence-corrected chi connectivity index (χ3v) is 4.15. The molecule has 1 unspecified atom stereocenters.